The largest absolute Gasteiger partial charge is 0.287 e. The SMILES string of the molecule is Cc1nnc(-c2csc(N(C)C(=O)c3ccccc3)n2)s1. The molecule has 1 amide bonds. The van der Waals surface area contributed by atoms with Crippen LogP contribution in [0.15, 0.2) is 35.7 Å². The van der Waals surface area contributed by atoms with Crippen molar-refractivity contribution in [3.05, 3.63) is 46.3 Å². The Bertz CT molecular complexity index is 766. The summed E-state index contributed by atoms with van der Waals surface area (Å²) in [5.74, 6) is -0.0788. The van der Waals surface area contributed by atoms with Gasteiger partial charge in [-0.05, 0) is 19.1 Å². The van der Waals surface area contributed by atoms with Crippen molar-refractivity contribution in [3.63, 3.8) is 0 Å². The number of nitrogens with zero attached hydrogens (tertiary/aromatic N) is 4. The Balaban J connectivity index is 1.84. The Hall–Kier alpha value is -2.12. The van der Waals surface area contributed by atoms with Gasteiger partial charge in [-0.15, -0.1) is 21.5 Å². The van der Waals surface area contributed by atoms with Crippen LogP contribution in [0.25, 0.3) is 10.7 Å². The summed E-state index contributed by atoms with van der Waals surface area (Å²) >= 11 is 2.91. The fraction of sp³-hybridized carbons (Fsp3) is 0.143. The van der Waals surface area contributed by atoms with Gasteiger partial charge in [0.15, 0.2) is 10.1 Å². The molecule has 0 fully saturated rings. The van der Waals surface area contributed by atoms with Gasteiger partial charge in [-0.1, -0.05) is 29.5 Å². The van der Waals surface area contributed by atoms with E-state index in [0.717, 1.165) is 15.7 Å². The molecule has 0 aliphatic rings. The molecule has 0 aliphatic heterocycles. The molecule has 1 aromatic carbocycles. The van der Waals surface area contributed by atoms with Crippen LogP contribution < -0.4 is 4.90 Å². The highest BCUT2D eigenvalue weighted by Gasteiger charge is 2.17. The van der Waals surface area contributed by atoms with E-state index in [1.165, 1.54) is 22.7 Å². The standard InChI is InChI=1S/C14H12N4OS2/c1-9-16-17-12(21-9)11-8-20-14(15-11)18(2)13(19)10-6-4-3-5-7-10/h3-8H,1-2H3. The van der Waals surface area contributed by atoms with Crippen molar-refractivity contribution in [1.82, 2.24) is 15.2 Å². The Morgan fingerprint density at radius 2 is 1.95 bits per heavy atom. The normalized spacial score (nSPS) is 10.6. The average molecular weight is 316 g/mol. The zero-order valence-corrected chi connectivity index (χ0v) is 13.1. The number of carbonyl (C=O) groups is 1. The van der Waals surface area contributed by atoms with Crippen molar-refractivity contribution in [2.24, 2.45) is 0 Å². The highest BCUT2D eigenvalue weighted by molar-refractivity contribution is 7.16. The van der Waals surface area contributed by atoms with Crippen LogP contribution in [0.4, 0.5) is 5.13 Å². The summed E-state index contributed by atoms with van der Waals surface area (Å²) in [6.45, 7) is 1.90. The maximum atomic E-state index is 12.4. The molecule has 0 radical (unpaired) electrons. The lowest BCUT2D eigenvalue weighted by Crippen LogP contribution is -2.25. The van der Waals surface area contributed by atoms with E-state index in [-0.39, 0.29) is 5.91 Å². The van der Waals surface area contributed by atoms with Gasteiger partial charge in [0.05, 0.1) is 0 Å². The number of aryl methyl sites for hydroxylation is 1. The molecule has 0 saturated heterocycles. The first-order chi connectivity index (χ1) is 10.1. The van der Waals surface area contributed by atoms with Crippen LogP contribution in [0.5, 0.6) is 0 Å². The van der Waals surface area contributed by atoms with Crippen LogP contribution in [0, 0.1) is 6.92 Å². The number of anilines is 1. The average Bonchev–Trinajstić information content (AvgIpc) is 3.15. The lowest BCUT2D eigenvalue weighted by molar-refractivity contribution is 0.0993. The minimum absolute atomic E-state index is 0.0788. The molecule has 0 aliphatic carbocycles. The smallest absolute Gasteiger partial charge is 0.259 e. The second-order valence-electron chi connectivity index (χ2n) is 4.37. The Morgan fingerprint density at radius 1 is 1.19 bits per heavy atom. The number of hydrogen-bond donors (Lipinski definition) is 0. The van der Waals surface area contributed by atoms with Crippen molar-refractivity contribution in [2.75, 3.05) is 11.9 Å². The Morgan fingerprint density at radius 3 is 2.62 bits per heavy atom. The Kier molecular flexibility index (Phi) is 3.76. The molecule has 21 heavy (non-hydrogen) atoms. The lowest BCUT2D eigenvalue weighted by Gasteiger charge is -2.13. The number of rotatable bonds is 3. The summed E-state index contributed by atoms with van der Waals surface area (Å²) < 4.78 is 0. The van der Waals surface area contributed by atoms with E-state index in [4.69, 9.17) is 0 Å². The number of benzene rings is 1. The molecule has 0 spiro atoms. The molecule has 7 heteroatoms. The van der Waals surface area contributed by atoms with Gasteiger partial charge in [0.1, 0.15) is 10.7 Å². The van der Waals surface area contributed by atoms with Crippen LogP contribution in [0.2, 0.25) is 0 Å². The summed E-state index contributed by atoms with van der Waals surface area (Å²) in [4.78, 5) is 18.4. The van der Waals surface area contributed by atoms with Gasteiger partial charge in [0.2, 0.25) is 0 Å². The van der Waals surface area contributed by atoms with Crippen LogP contribution in [0.1, 0.15) is 15.4 Å². The lowest BCUT2D eigenvalue weighted by atomic mass is 10.2. The molecule has 5 nitrogen and oxygen atoms in total. The molecular formula is C14H12N4OS2. The predicted octanol–water partition coefficient (Wildman–Crippen LogP) is 3.25. The van der Waals surface area contributed by atoms with Crippen LogP contribution in [0.3, 0.4) is 0 Å². The third-order valence-electron chi connectivity index (χ3n) is 2.85. The zero-order chi connectivity index (χ0) is 14.8. The highest BCUT2D eigenvalue weighted by Crippen LogP contribution is 2.29. The van der Waals surface area contributed by atoms with E-state index in [9.17, 15) is 4.79 Å². The first-order valence-electron chi connectivity index (χ1n) is 6.24. The minimum atomic E-state index is -0.0788. The van der Waals surface area contributed by atoms with Crippen molar-refractivity contribution in [1.29, 1.82) is 0 Å². The Labute approximate surface area is 129 Å². The van der Waals surface area contributed by atoms with Crippen LogP contribution in [-0.2, 0) is 0 Å². The second kappa shape index (κ2) is 5.71. The number of aromatic nitrogens is 3. The van der Waals surface area contributed by atoms with Gasteiger partial charge in [0, 0.05) is 18.0 Å². The first kappa shape index (κ1) is 13.8. The van der Waals surface area contributed by atoms with Gasteiger partial charge in [-0.2, -0.15) is 0 Å². The van der Waals surface area contributed by atoms with Crippen molar-refractivity contribution < 1.29 is 4.79 Å². The monoisotopic (exact) mass is 316 g/mol. The molecule has 0 unspecified atom stereocenters. The van der Waals surface area contributed by atoms with Crippen molar-refractivity contribution in [2.45, 2.75) is 6.92 Å². The molecule has 0 bridgehead atoms. The van der Waals surface area contributed by atoms with E-state index < -0.39 is 0 Å². The van der Waals surface area contributed by atoms with Gasteiger partial charge in [0.25, 0.3) is 5.91 Å². The summed E-state index contributed by atoms with van der Waals surface area (Å²) in [5, 5.41) is 12.3. The number of hydrogen-bond acceptors (Lipinski definition) is 6. The molecule has 0 atom stereocenters. The van der Waals surface area contributed by atoms with Gasteiger partial charge in [-0.3, -0.25) is 9.69 Å². The summed E-state index contributed by atoms with van der Waals surface area (Å²) in [6, 6.07) is 9.16. The van der Waals surface area contributed by atoms with Crippen molar-refractivity contribution in [3.8, 4) is 10.7 Å². The minimum Gasteiger partial charge on any atom is -0.287 e. The highest BCUT2D eigenvalue weighted by atomic mass is 32.1. The number of amides is 1. The van der Waals surface area contributed by atoms with E-state index in [1.807, 2.05) is 30.5 Å². The van der Waals surface area contributed by atoms with E-state index in [1.54, 1.807) is 24.1 Å². The van der Waals surface area contributed by atoms with E-state index in [0.29, 0.717) is 10.7 Å². The van der Waals surface area contributed by atoms with Crippen LogP contribution >= 0.6 is 22.7 Å². The predicted molar refractivity (Wildman–Crippen MR) is 84.9 cm³/mol. The zero-order valence-electron chi connectivity index (χ0n) is 11.5. The second-order valence-corrected chi connectivity index (χ2v) is 6.39. The third-order valence-corrected chi connectivity index (χ3v) is 4.63. The first-order valence-corrected chi connectivity index (χ1v) is 7.94. The fourth-order valence-corrected chi connectivity index (χ4v) is 3.28. The molecule has 2 heterocycles. The molecule has 3 aromatic rings. The quantitative estimate of drug-likeness (QED) is 0.744. The van der Waals surface area contributed by atoms with E-state index >= 15 is 0 Å². The van der Waals surface area contributed by atoms with Gasteiger partial charge < -0.3 is 0 Å². The molecule has 0 N–H and O–H groups in total. The molecular weight excluding hydrogens is 304 g/mol. The van der Waals surface area contributed by atoms with E-state index in [2.05, 4.69) is 15.2 Å². The third kappa shape index (κ3) is 2.84. The van der Waals surface area contributed by atoms with Crippen LogP contribution in [-0.4, -0.2) is 28.1 Å². The molecule has 3 rings (SSSR count). The fourth-order valence-electron chi connectivity index (χ4n) is 1.78. The molecule has 106 valence electrons. The maximum absolute atomic E-state index is 12.4. The topological polar surface area (TPSA) is 59.0 Å². The number of carbonyl (C=O) groups excluding carboxylic acids is 1. The van der Waals surface area contributed by atoms with Gasteiger partial charge in [-0.25, -0.2) is 4.98 Å². The molecule has 0 saturated carbocycles. The maximum Gasteiger partial charge on any atom is 0.259 e. The summed E-state index contributed by atoms with van der Waals surface area (Å²) in [5.41, 5.74) is 1.40. The summed E-state index contributed by atoms with van der Waals surface area (Å²) in [6.07, 6.45) is 0. The molecule has 2 aromatic heterocycles. The summed E-state index contributed by atoms with van der Waals surface area (Å²) in [7, 11) is 1.73. The van der Waals surface area contributed by atoms with Gasteiger partial charge >= 0.3 is 0 Å². The number of thiazole rings is 1. The van der Waals surface area contributed by atoms with Crippen molar-refractivity contribution >= 4 is 33.7 Å².